The molecule has 188 valence electrons. The summed E-state index contributed by atoms with van der Waals surface area (Å²) in [6, 6.07) is 9.12. The lowest BCUT2D eigenvalue weighted by atomic mass is 9.91. The molecular formula is C26H31F3N4O2. The standard InChI is InChI=1S/C26H31F3N4O2/c1-5-18-14-20(30-22(15-18)26(27,28)29)17(3)31(4)25(35)33-13-12-32-21(10-11-23(32)34)24(33)19-9-7-6-8-16(19)2/h6-9,14-15,17,21,24H,5,10-13H2,1-4H3/t17-,21+,24+/m1/s1. The second-order valence-corrected chi connectivity index (χ2v) is 9.39. The van der Waals surface area contributed by atoms with E-state index in [-0.39, 0.29) is 29.7 Å². The van der Waals surface area contributed by atoms with Crippen molar-refractivity contribution in [2.45, 2.75) is 64.3 Å². The Kier molecular flexibility index (Phi) is 6.79. The average molecular weight is 489 g/mol. The molecule has 3 atom stereocenters. The van der Waals surface area contributed by atoms with Gasteiger partial charge in [0.15, 0.2) is 0 Å². The molecule has 0 spiro atoms. The highest BCUT2D eigenvalue weighted by atomic mass is 19.4. The molecule has 2 saturated heterocycles. The van der Waals surface area contributed by atoms with Crippen molar-refractivity contribution in [2.24, 2.45) is 0 Å². The molecule has 6 nitrogen and oxygen atoms in total. The molecule has 3 heterocycles. The number of rotatable bonds is 4. The van der Waals surface area contributed by atoms with Crippen molar-refractivity contribution in [1.29, 1.82) is 0 Å². The molecule has 0 bridgehead atoms. The third-order valence-electron chi connectivity index (χ3n) is 7.32. The quantitative estimate of drug-likeness (QED) is 0.600. The number of fused-ring (bicyclic) bond motifs is 1. The van der Waals surface area contributed by atoms with E-state index in [4.69, 9.17) is 0 Å². The maximum Gasteiger partial charge on any atom is 0.433 e. The summed E-state index contributed by atoms with van der Waals surface area (Å²) in [6.07, 6.45) is -3.02. The predicted octanol–water partition coefficient (Wildman–Crippen LogP) is 5.13. The van der Waals surface area contributed by atoms with Crippen molar-refractivity contribution in [3.63, 3.8) is 0 Å². The van der Waals surface area contributed by atoms with Gasteiger partial charge in [0.25, 0.3) is 0 Å². The van der Waals surface area contributed by atoms with Crippen LogP contribution in [0.1, 0.15) is 66.9 Å². The summed E-state index contributed by atoms with van der Waals surface area (Å²) in [5.74, 6) is 0.0997. The smallest absolute Gasteiger partial charge is 0.335 e. The predicted molar refractivity (Wildman–Crippen MR) is 126 cm³/mol. The van der Waals surface area contributed by atoms with E-state index < -0.39 is 17.9 Å². The normalized spacial score (nSPS) is 21.2. The highest BCUT2D eigenvalue weighted by molar-refractivity contribution is 5.81. The molecule has 2 aromatic rings. The number of aromatic nitrogens is 1. The number of carbonyl (C=O) groups excluding carboxylic acids is 2. The number of amides is 3. The van der Waals surface area contributed by atoms with E-state index in [1.807, 2.05) is 36.1 Å². The van der Waals surface area contributed by atoms with Crippen LogP contribution in [-0.2, 0) is 17.4 Å². The summed E-state index contributed by atoms with van der Waals surface area (Å²) in [5.41, 5.74) is 1.78. The molecular weight excluding hydrogens is 457 g/mol. The topological polar surface area (TPSA) is 56.8 Å². The highest BCUT2D eigenvalue weighted by Gasteiger charge is 2.46. The third-order valence-corrected chi connectivity index (χ3v) is 7.32. The van der Waals surface area contributed by atoms with Crippen LogP contribution in [-0.4, -0.2) is 57.8 Å². The fourth-order valence-electron chi connectivity index (χ4n) is 5.19. The minimum atomic E-state index is -4.57. The van der Waals surface area contributed by atoms with E-state index in [2.05, 4.69) is 4.98 Å². The molecule has 0 N–H and O–H groups in total. The molecule has 2 aliphatic rings. The number of halogens is 3. The summed E-state index contributed by atoms with van der Waals surface area (Å²) in [6.45, 7) is 6.26. The number of pyridine rings is 1. The zero-order valence-electron chi connectivity index (χ0n) is 20.5. The maximum atomic E-state index is 13.8. The summed E-state index contributed by atoms with van der Waals surface area (Å²) in [7, 11) is 1.60. The number of hydrogen-bond acceptors (Lipinski definition) is 3. The molecule has 0 saturated carbocycles. The van der Waals surface area contributed by atoms with Gasteiger partial charge in [-0.3, -0.25) is 4.79 Å². The molecule has 3 amide bonds. The third kappa shape index (κ3) is 4.73. The van der Waals surface area contributed by atoms with Crippen molar-refractivity contribution in [2.75, 3.05) is 20.1 Å². The Morgan fingerprint density at radius 3 is 2.60 bits per heavy atom. The van der Waals surface area contributed by atoms with Gasteiger partial charge in [0.2, 0.25) is 5.91 Å². The van der Waals surface area contributed by atoms with Gasteiger partial charge < -0.3 is 14.7 Å². The molecule has 0 radical (unpaired) electrons. The average Bonchev–Trinajstić information content (AvgIpc) is 3.22. The van der Waals surface area contributed by atoms with E-state index >= 15 is 0 Å². The van der Waals surface area contributed by atoms with Crippen LogP contribution in [0.25, 0.3) is 0 Å². The lowest BCUT2D eigenvalue weighted by molar-refractivity contribution is -0.141. The van der Waals surface area contributed by atoms with Gasteiger partial charge in [-0.1, -0.05) is 31.2 Å². The van der Waals surface area contributed by atoms with Crippen LogP contribution in [0.3, 0.4) is 0 Å². The van der Waals surface area contributed by atoms with Crippen LogP contribution in [0.4, 0.5) is 18.0 Å². The molecule has 1 aromatic heterocycles. The molecule has 0 aliphatic carbocycles. The lowest BCUT2D eigenvalue weighted by Crippen LogP contribution is -2.57. The molecule has 4 rings (SSSR count). The zero-order chi connectivity index (χ0) is 25.5. The van der Waals surface area contributed by atoms with Gasteiger partial charge in [0.1, 0.15) is 5.69 Å². The van der Waals surface area contributed by atoms with E-state index in [0.717, 1.165) is 17.2 Å². The SMILES string of the molecule is CCc1cc([C@@H](C)N(C)C(=O)N2CCN3C(=O)CC[C@H]3[C@@H]2c2ccccc2C)nc(C(F)(F)F)c1. The summed E-state index contributed by atoms with van der Waals surface area (Å²) < 4.78 is 40.3. The fraction of sp³-hybridized carbons (Fsp3) is 0.500. The van der Waals surface area contributed by atoms with Crippen LogP contribution in [0.5, 0.6) is 0 Å². The number of carbonyl (C=O) groups is 2. The first-order valence-electron chi connectivity index (χ1n) is 12.0. The minimum Gasteiger partial charge on any atom is -0.335 e. The monoisotopic (exact) mass is 488 g/mol. The Morgan fingerprint density at radius 1 is 1.23 bits per heavy atom. The molecule has 0 unspecified atom stereocenters. The summed E-state index contributed by atoms with van der Waals surface area (Å²) in [4.78, 5) is 35.2. The molecule has 35 heavy (non-hydrogen) atoms. The van der Waals surface area contributed by atoms with Gasteiger partial charge in [0.05, 0.1) is 23.8 Å². The first-order valence-corrected chi connectivity index (χ1v) is 12.0. The van der Waals surface area contributed by atoms with Crippen molar-refractivity contribution >= 4 is 11.9 Å². The van der Waals surface area contributed by atoms with Gasteiger partial charge in [-0.05, 0) is 55.5 Å². The van der Waals surface area contributed by atoms with Crippen molar-refractivity contribution < 1.29 is 22.8 Å². The van der Waals surface area contributed by atoms with Crippen molar-refractivity contribution in [3.05, 3.63) is 64.5 Å². The van der Waals surface area contributed by atoms with Crippen LogP contribution in [0.2, 0.25) is 0 Å². The van der Waals surface area contributed by atoms with Gasteiger partial charge in [0, 0.05) is 26.6 Å². The Hall–Kier alpha value is -3.10. The molecule has 2 fully saturated rings. The number of benzene rings is 1. The number of hydrogen-bond donors (Lipinski definition) is 0. The lowest BCUT2D eigenvalue weighted by Gasteiger charge is -2.47. The number of nitrogens with zero attached hydrogens (tertiary/aromatic N) is 4. The van der Waals surface area contributed by atoms with Gasteiger partial charge >= 0.3 is 12.2 Å². The summed E-state index contributed by atoms with van der Waals surface area (Å²) >= 11 is 0. The Balaban J connectivity index is 1.67. The highest BCUT2D eigenvalue weighted by Crippen LogP contribution is 2.40. The van der Waals surface area contributed by atoms with Crippen molar-refractivity contribution in [1.82, 2.24) is 19.7 Å². The van der Waals surface area contributed by atoms with E-state index in [1.54, 1.807) is 31.9 Å². The Bertz CT molecular complexity index is 1120. The van der Waals surface area contributed by atoms with Gasteiger partial charge in [-0.25, -0.2) is 9.78 Å². The first kappa shape index (κ1) is 25.0. The van der Waals surface area contributed by atoms with Crippen molar-refractivity contribution in [3.8, 4) is 0 Å². The second-order valence-electron chi connectivity index (χ2n) is 9.39. The summed E-state index contributed by atoms with van der Waals surface area (Å²) in [5, 5.41) is 0. The Labute approximate surface area is 203 Å². The van der Waals surface area contributed by atoms with E-state index in [1.165, 1.54) is 4.90 Å². The van der Waals surface area contributed by atoms with E-state index in [9.17, 15) is 22.8 Å². The molecule has 1 aromatic carbocycles. The van der Waals surface area contributed by atoms with Crippen LogP contribution >= 0.6 is 0 Å². The minimum absolute atomic E-state index is 0.0997. The molecule has 9 heteroatoms. The fourth-order valence-corrected chi connectivity index (χ4v) is 5.19. The zero-order valence-corrected chi connectivity index (χ0v) is 20.5. The van der Waals surface area contributed by atoms with Gasteiger partial charge in [-0.2, -0.15) is 13.2 Å². The second kappa shape index (κ2) is 9.51. The number of alkyl halides is 3. The van der Waals surface area contributed by atoms with Crippen LogP contribution in [0.15, 0.2) is 36.4 Å². The molecule has 2 aliphatic heterocycles. The van der Waals surface area contributed by atoms with Crippen LogP contribution < -0.4 is 0 Å². The number of piperazine rings is 1. The number of aryl methyl sites for hydroxylation is 2. The Morgan fingerprint density at radius 2 is 1.94 bits per heavy atom. The van der Waals surface area contributed by atoms with E-state index in [0.29, 0.717) is 37.9 Å². The largest absolute Gasteiger partial charge is 0.433 e. The maximum absolute atomic E-state index is 13.8. The van der Waals surface area contributed by atoms with Crippen LogP contribution in [0, 0.1) is 6.92 Å². The first-order chi connectivity index (χ1) is 16.5. The number of urea groups is 1. The van der Waals surface area contributed by atoms with Gasteiger partial charge in [-0.15, -0.1) is 0 Å².